The van der Waals surface area contributed by atoms with Crippen molar-refractivity contribution in [3.05, 3.63) is 47.2 Å². The summed E-state index contributed by atoms with van der Waals surface area (Å²) in [5.41, 5.74) is -1.40. The zero-order valence-corrected chi connectivity index (χ0v) is 9.53. The second-order valence-corrected chi connectivity index (χ2v) is 3.80. The van der Waals surface area contributed by atoms with Crippen LogP contribution in [0.1, 0.15) is 21.5 Å². The van der Waals surface area contributed by atoms with Gasteiger partial charge in [0.25, 0.3) is 0 Å². The minimum absolute atomic E-state index is 0.0120. The molecule has 0 unspecified atom stereocenters. The van der Waals surface area contributed by atoms with Crippen molar-refractivity contribution in [2.75, 3.05) is 6.54 Å². The molecule has 0 saturated heterocycles. The first-order valence-electron chi connectivity index (χ1n) is 5.30. The van der Waals surface area contributed by atoms with Gasteiger partial charge in [-0.2, -0.15) is 13.2 Å². The fourth-order valence-electron chi connectivity index (χ4n) is 1.66. The third-order valence-electron chi connectivity index (χ3n) is 2.52. The highest BCUT2D eigenvalue weighted by atomic mass is 19.4. The predicted octanol–water partition coefficient (Wildman–Crippen LogP) is 2.27. The number of amidine groups is 1. The summed E-state index contributed by atoms with van der Waals surface area (Å²) in [4.78, 5) is 14.7. The number of aliphatic imine (C=N–C) groups is 1. The summed E-state index contributed by atoms with van der Waals surface area (Å²) in [5.74, 6) is -1.28. The Hall–Kier alpha value is -2.31. The molecule has 1 heterocycles. The first-order chi connectivity index (χ1) is 8.89. The first kappa shape index (κ1) is 13.1. The number of halogens is 3. The van der Waals surface area contributed by atoms with Crippen LogP contribution in [0.2, 0.25) is 0 Å². The molecule has 19 heavy (non-hydrogen) atoms. The van der Waals surface area contributed by atoms with E-state index in [-0.39, 0.29) is 23.5 Å². The van der Waals surface area contributed by atoms with Crippen molar-refractivity contribution in [1.29, 1.82) is 0 Å². The van der Waals surface area contributed by atoms with Gasteiger partial charge in [-0.05, 0) is 24.3 Å². The third kappa shape index (κ3) is 2.75. The van der Waals surface area contributed by atoms with Gasteiger partial charge in [-0.3, -0.25) is 4.99 Å². The second kappa shape index (κ2) is 4.75. The molecule has 1 aliphatic rings. The minimum Gasteiger partial charge on any atom is -0.478 e. The van der Waals surface area contributed by atoms with Crippen LogP contribution >= 0.6 is 0 Å². The van der Waals surface area contributed by atoms with E-state index in [2.05, 4.69) is 10.3 Å². The maximum Gasteiger partial charge on any atom is 0.417 e. The van der Waals surface area contributed by atoms with Gasteiger partial charge in [0.1, 0.15) is 5.84 Å². The SMILES string of the molecule is O=C(O)c1ccc(C(F)(F)F)c(C2=NCC=CN2)c1. The molecular formula is C12H9F3N2O2. The molecule has 2 rings (SSSR count). The molecule has 7 heteroatoms. The maximum absolute atomic E-state index is 12.9. The van der Waals surface area contributed by atoms with E-state index in [9.17, 15) is 18.0 Å². The van der Waals surface area contributed by atoms with Gasteiger partial charge in [0.05, 0.1) is 17.7 Å². The van der Waals surface area contributed by atoms with Gasteiger partial charge in [0, 0.05) is 11.8 Å². The number of alkyl halides is 3. The number of carboxylic acids is 1. The van der Waals surface area contributed by atoms with Crippen LogP contribution in [0.3, 0.4) is 0 Å². The lowest BCUT2D eigenvalue weighted by Crippen LogP contribution is -2.26. The van der Waals surface area contributed by atoms with Gasteiger partial charge in [0.15, 0.2) is 0 Å². The van der Waals surface area contributed by atoms with Gasteiger partial charge < -0.3 is 10.4 Å². The van der Waals surface area contributed by atoms with Crippen molar-refractivity contribution in [2.24, 2.45) is 4.99 Å². The smallest absolute Gasteiger partial charge is 0.417 e. The summed E-state index contributed by atoms with van der Waals surface area (Å²) in [6.07, 6.45) is -1.47. The Labute approximate surface area is 106 Å². The normalized spacial score (nSPS) is 14.8. The molecule has 0 amide bonds. The highest BCUT2D eigenvalue weighted by molar-refractivity contribution is 6.03. The Morgan fingerprint density at radius 1 is 1.37 bits per heavy atom. The van der Waals surface area contributed by atoms with E-state index >= 15 is 0 Å². The molecule has 1 aliphatic heterocycles. The van der Waals surface area contributed by atoms with E-state index in [1.54, 1.807) is 6.08 Å². The van der Waals surface area contributed by atoms with Crippen LogP contribution in [0, 0.1) is 0 Å². The largest absolute Gasteiger partial charge is 0.478 e. The number of benzene rings is 1. The summed E-state index contributed by atoms with van der Waals surface area (Å²) >= 11 is 0. The summed E-state index contributed by atoms with van der Waals surface area (Å²) in [5, 5.41) is 11.4. The Balaban J connectivity index is 2.56. The lowest BCUT2D eigenvalue weighted by atomic mass is 10.0. The number of hydrogen-bond acceptors (Lipinski definition) is 3. The number of nitrogens with zero attached hydrogens (tertiary/aromatic N) is 1. The van der Waals surface area contributed by atoms with Gasteiger partial charge in [0.2, 0.25) is 0 Å². The lowest BCUT2D eigenvalue weighted by Gasteiger charge is -2.16. The standard InChI is InChI=1S/C12H9F3N2O2/c13-12(14,15)9-3-2-7(11(18)19)6-8(9)10-16-4-1-5-17-10/h1-4,6H,5H2,(H,16,17)(H,18,19). The Bertz CT molecular complexity index is 577. The van der Waals surface area contributed by atoms with Gasteiger partial charge in [-0.1, -0.05) is 0 Å². The maximum atomic E-state index is 12.9. The van der Waals surface area contributed by atoms with Crippen LogP contribution in [-0.2, 0) is 6.18 Å². The number of nitrogens with one attached hydrogen (secondary N) is 1. The highest BCUT2D eigenvalue weighted by Gasteiger charge is 2.35. The molecule has 0 aliphatic carbocycles. The molecule has 0 saturated carbocycles. The predicted molar refractivity (Wildman–Crippen MR) is 62.1 cm³/mol. The molecule has 1 aromatic carbocycles. The molecule has 0 fully saturated rings. The topological polar surface area (TPSA) is 61.7 Å². The number of aromatic carboxylic acids is 1. The zero-order valence-electron chi connectivity index (χ0n) is 9.53. The Morgan fingerprint density at radius 3 is 2.63 bits per heavy atom. The summed E-state index contributed by atoms with van der Waals surface area (Å²) < 4.78 is 38.7. The van der Waals surface area contributed by atoms with E-state index in [1.807, 2.05) is 0 Å². The van der Waals surface area contributed by atoms with E-state index in [0.717, 1.165) is 18.2 Å². The van der Waals surface area contributed by atoms with Crippen LogP contribution < -0.4 is 5.32 Å². The van der Waals surface area contributed by atoms with Crippen molar-refractivity contribution < 1.29 is 23.1 Å². The number of carbonyl (C=O) groups is 1. The van der Waals surface area contributed by atoms with Crippen LogP contribution in [0.5, 0.6) is 0 Å². The lowest BCUT2D eigenvalue weighted by molar-refractivity contribution is -0.137. The molecule has 2 N–H and O–H groups in total. The summed E-state index contributed by atoms with van der Waals surface area (Å²) in [6.45, 7) is 0.247. The second-order valence-electron chi connectivity index (χ2n) is 3.80. The minimum atomic E-state index is -4.57. The molecule has 0 aromatic heterocycles. The fourth-order valence-corrected chi connectivity index (χ4v) is 1.66. The molecular weight excluding hydrogens is 261 g/mol. The Kier molecular flexibility index (Phi) is 3.28. The number of hydrogen-bond donors (Lipinski definition) is 2. The molecule has 0 radical (unpaired) electrons. The number of rotatable bonds is 2. The van der Waals surface area contributed by atoms with Crippen molar-refractivity contribution in [2.45, 2.75) is 6.18 Å². The van der Waals surface area contributed by atoms with Crippen LogP contribution in [0.15, 0.2) is 35.5 Å². The monoisotopic (exact) mass is 270 g/mol. The molecule has 100 valence electrons. The summed E-state index contributed by atoms with van der Waals surface area (Å²) in [7, 11) is 0. The van der Waals surface area contributed by atoms with Crippen LogP contribution in [0.25, 0.3) is 0 Å². The van der Waals surface area contributed by atoms with Crippen molar-refractivity contribution in [1.82, 2.24) is 5.32 Å². The van der Waals surface area contributed by atoms with Gasteiger partial charge >= 0.3 is 12.1 Å². The molecule has 0 spiro atoms. The van der Waals surface area contributed by atoms with Crippen molar-refractivity contribution >= 4 is 11.8 Å². The van der Waals surface area contributed by atoms with E-state index in [4.69, 9.17) is 5.11 Å². The fraction of sp³-hybridized carbons (Fsp3) is 0.167. The molecule has 1 aromatic rings. The van der Waals surface area contributed by atoms with Crippen molar-refractivity contribution in [3.8, 4) is 0 Å². The first-order valence-corrected chi connectivity index (χ1v) is 5.30. The van der Waals surface area contributed by atoms with Crippen LogP contribution in [0.4, 0.5) is 13.2 Å². The van der Waals surface area contributed by atoms with E-state index in [1.165, 1.54) is 6.20 Å². The number of carboxylic acid groups (broad SMARTS) is 1. The van der Waals surface area contributed by atoms with Crippen LogP contribution in [-0.4, -0.2) is 23.5 Å². The Morgan fingerprint density at radius 2 is 2.11 bits per heavy atom. The van der Waals surface area contributed by atoms with Gasteiger partial charge in [-0.25, -0.2) is 4.79 Å². The summed E-state index contributed by atoms with van der Waals surface area (Å²) in [6, 6.07) is 2.64. The molecule has 0 atom stereocenters. The zero-order chi connectivity index (χ0) is 14.0. The molecule has 0 bridgehead atoms. The van der Waals surface area contributed by atoms with Gasteiger partial charge in [-0.15, -0.1) is 0 Å². The van der Waals surface area contributed by atoms with Crippen molar-refractivity contribution in [3.63, 3.8) is 0 Å². The molecule has 4 nitrogen and oxygen atoms in total. The third-order valence-corrected chi connectivity index (χ3v) is 2.52. The van der Waals surface area contributed by atoms with E-state index < -0.39 is 17.7 Å². The highest BCUT2D eigenvalue weighted by Crippen LogP contribution is 2.32. The average molecular weight is 270 g/mol. The average Bonchev–Trinajstić information content (AvgIpc) is 2.38. The van der Waals surface area contributed by atoms with E-state index in [0.29, 0.717) is 0 Å². The quantitative estimate of drug-likeness (QED) is 0.866.